The average Bonchev–Trinajstić information content (AvgIpc) is 2.47. The minimum atomic E-state index is -0.108. The molecular formula is C16H24N2O3. The Morgan fingerprint density at radius 3 is 2.43 bits per heavy atom. The van der Waals surface area contributed by atoms with Gasteiger partial charge in [0.15, 0.2) is 5.78 Å². The van der Waals surface area contributed by atoms with E-state index in [1.165, 1.54) is 5.56 Å². The molecule has 0 radical (unpaired) electrons. The van der Waals surface area contributed by atoms with Crippen molar-refractivity contribution in [3.8, 4) is 0 Å². The predicted octanol–water partition coefficient (Wildman–Crippen LogP) is 1.13. The topological polar surface area (TPSA) is 58.6 Å². The van der Waals surface area contributed by atoms with Crippen molar-refractivity contribution in [2.24, 2.45) is 0 Å². The Kier molecular flexibility index (Phi) is 7.64. The van der Waals surface area contributed by atoms with Gasteiger partial charge < -0.3 is 10.1 Å². The number of likely N-dealkylation sites (N-methyl/N-ethyl adjacent to an activating group) is 1. The van der Waals surface area contributed by atoms with Gasteiger partial charge in [-0.2, -0.15) is 0 Å². The lowest BCUT2D eigenvalue weighted by atomic mass is 10.1. The molecule has 21 heavy (non-hydrogen) atoms. The number of ketones is 1. The van der Waals surface area contributed by atoms with Crippen LogP contribution in [0.3, 0.4) is 0 Å². The van der Waals surface area contributed by atoms with Crippen LogP contribution in [0.25, 0.3) is 0 Å². The van der Waals surface area contributed by atoms with E-state index >= 15 is 0 Å². The lowest BCUT2D eigenvalue weighted by Gasteiger charge is -2.15. The molecule has 5 heteroatoms. The summed E-state index contributed by atoms with van der Waals surface area (Å²) < 4.78 is 4.86. The molecule has 0 saturated heterocycles. The molecule has 0 aliphatic rings. The van der Waals surface area contributed by atoms with Crippen LogP contribution in [0.4, 0.5) is 0 Å². The van der Waals surface area contributed by atoms with Gasteiger partial charge >= 0.3 is 0 Å². The van der Waals surface area contributed by atoms with E-state index in [0.717, 1.165) is 6.42 Å². The Morgan fingerprint density at radius 2 is 1.86 bits per heavy atom. The number of ether oxygens (including phenoxy) is 1. The molecule has 0 aromatic heterocycles. The van der Waals surface area contributed by atoms with Gasteiger partial charge in [0.2, 0.25) is 5.91 Å². The maximum atomic E-state index is 12.1. The van der Waals surface area contributed by atoms with Gasteiger partial charge in [-0.25, -0.2) is 0 Å². The first-order chi connectivity index (χ1) is 10.1. The summed E-state index contributed by atoms with van der Waals surface area (Å²) in [6, 6.07) is 7.61. The zero-order chi connectivity index (χ0) is 15.7. The summed E-state index contributed by atoms with van der Waals surface area (Å²) in [5.41, 5.74) is 1.89. The van der Waals surface area contributed by atoms with Gasteiger partial charge in [-0.05, 0) is 19.0 Å². The normalized spacial score (nSPS) is 10.7. The number of nitrogens with zero attached hydrogens (tertiary/aromatic N) is 1. The highest BCUT2D eigenvalue weighted by Gasteiger charge is 2.12. The molecule has 0 bridgehead atoms. The average molecular weight is 292 g/mol. The molecular weight excluding hydrogens is 268 g/mol. The lowest BCUT2D eigenvalue weighted by molar-refractivity contribution is -0.122. The first kappa shape index (κ1) is 17.3. The van der Waals surface area contributed by atoms with Crippen LogP contribution >= 0.6 is 0 Å². The lowest BCUT2D eigenvalue weighted by Crippen LogP contribution is -2.38. The van der Waals surface area contributed by atoms with Crippen LogP contribution in [0.5, 0.6) is 0 Å². The van der Waals surface area contributed by atoms with Gasteiger partial charge in [-0.15, -0.1) is 0 Å². The predicted molar refractivity (Wildman–Crippen MR) is 82.5 cm³/mol. The fourth-order valence-corrected chi connectivity index (χ4v) is 1.91. The molecule has 0 unspecified atom stereocenters. The SMILES string of the molecule is CCc1ccc(C(=O)CN(C)CC(=O)NCCOC)cc1. The summed E-state index contributed by atoms with van der Waals surface area (Å²) in [5.74, 6) is -0.0893. The molecule has 0 spiro atoms. The van der Waals surface area contributed by atoms with E-state index < -0.39 is 0 Å². The Morgan fingerprint density at radius 1 is 1.19 bits per heavy atom. The highest BCUT2D eigenvalue weighted by Crippen LogP contribution is 2.06. The number of rotatable bonds is 9. The Labute approximate surface area is 126 Å². The van der Waals surface area contributed by atoms with Gasteiger partial charge in [0, 0.05) is 19.2 Å². The smallest absolute Gasteiger partial charge is 0.234 e. The quantitative estimate of drug-likeness (QED) is 0.547. The number of nitrogens with one attached hydrogen (secondary N) is 1. The van der Waals surface area contributed by atoms with Crippen LogP contribution < -0.4 is 5.32 Å². The Bertz CT molecular complexity index is 457. The molecule has 1 amide bonds. The number of methoxy groups -OCH3 is 1. The van der Waals surface area contributed by atoms with Crippen LogP contribution in [-0.4, -0.2) is 57.0 Å². The van der Waals surface area contributed by atoms with Crippen LogP contribution in [0.2, 0.25) is 0 Å². The number of hydrogen-bond acceptors (Lipinski definition) is 4. The maximum absolute atomic E-state index is 12.1. The highest BCUT2D eigenvalue weighted by atomic mass is 16.5. The summed E-state index contributed by atoms with van der Waals surface area (Å²) >= 11 is 0. The molecule has 0 saturated carbocycles. The third-order valence-electron chi connectivity index (χ3n) is 3.14. The third kappa shape index (κ3) is 6.51. The second-order valence-electron chi connectivity index (χ2n) is 4.99. The van der Waals surface area contributed by atoms with Gasteiger partial charge in [-0.1, -0.05) is 31.2 Å². The molecule has 0 aliphatic heterocycles. The van der Waals surface area contributed by atoms with Crippen molar-refractivity contribution in [3.05, 3.63) is 35.4 Å². The van der Waals surface area contributed by atoms with Gasteiger partial charge in [0.05, 0.1) is 19.7 Å². The van der Waals surface area contributed by atoms with Crippen molar-refractivity contribution >= 4 is 11.7 Å². The number of aryl methyl sites for hydroxylation is 1. The molecule has 5 nitrogen and oxygen atoms in total. The van der Waals surface area contributed by atoms with Gasteiger partial charge in [-0.3, -0.25) is 14.5 Å². The summed E-state index contributed by atoms with van der Waals surface area (Å²) in [6.07, 6.45) is 0.954. The molecule has 116 valence electrons. The summed E-state index contributed by atoms with van der Waals surface area (Å²) in [4.78, 5) is 25.4. The van der Waals surface area contributed by atoms with Crippen molar-refractivity contribution in [2.75, 3.05) is 40.4 Å². The fourth-order valence-electron chi connectivity index (χ4n) is 1.91. The molecule has 1 N–H and O–H groups in total. The van der Waals surface area contributed by atoms with Crippen LogP contribution in [0, 0.1) is 0 Å². The molecule has 0 fully saturated rings. The Hall–Kier alpha value is -1.72. The van der Waals surface area contributed by atoms with Crippen molar-refractivity contribution in [3.63, 3.8) is 0 Å². The number of benzene rings is 1. The van der Waals surface area contributed by atoms with E-state index in [9.17, 15) is 9.59 Å². The van der Waals surface area contributed by atoms with Crippen molar-refractivity contribution in [1.82, 2.24) is 10.2 Å². The number of hydrogen-bond donors (Lipinski definition) is 1. The largest absolute Gasteiger partial charge is 0.383 e. The van der Waals surface area contributed by atoms with E-state index in [2.05, 4.69) is 12.2 Å². The second-order valence-corrected chi connectivity index (χ2v) is 4.99. The van der Waals surface area contributed by atoms with E-state index in [0.29, 0.717) is 18.7 Å². The van der Waals surface area contributed by atoms with Crippen molar-refractivity contribution < 1.29 is 14.3 Å². The van der Waals surface area contributed by atoms with E-state index in [1.807, 2.05) is 24.3 Å². The van der Waals surface area contributed by atoms with Crippen molar-refractivity contribution in [2.45, 2.75) is 13.3 Å². The first-order valence-corrected chi connectivity index (χ1v) is 7.13. The zero-order valence-corrected chi connectivity index (χ0v) is 13.0. The number of amides is 1. The standard InChI is InChI=1S/C16H24N2O3/c1-4-13-5-7-14(8-6-13)15(19)11-18(2)12-16(20)17-9-10-21-3/h5-8H,4,9-12H2,1-3H3,(H,17,20). The maximum Gasteiger partial charge on any atom is 0.234 e. The van der Waals surface area contributed by atoms with Crippen molar-refractivity contribution in [1.29, 1.82) is 0 Å². The van der Waals surface area contributed by atoms with E-state index in [4.69, 9.17) is 4.74 Å². The molecule has 1 aromatic carbocycles. The van der Waals surface area contributed by atoms with E-state index in [-0.39, 0.29) is 24.8 Å². The summed E-state index contributed by atoms with van der Waals surface area (Å²) in [7, 11) is 3.34. The fraction of sp³-hybridized carbons (Fsp3) is 0.500. The number of carbonyl (C=O) groups is 2. The highest BCUT2D eigenvalue weighted by molar-refractivity contribution is 5.97. The minimum absolute atomic E-state index is 0.0184. The van der Waals surface area contributed by atoms with Crippen LogP contribution in [0.1, 0.15) is 22.8 Å². The minimum Gasteiger partial charge on any atom is -0.383 e. The summed E-state index contributed by atoms with van der Waals surface area (Å²) in [5, 5.41) is 2.73. The first-order valence-electron chi connectivity index (χ1n) is 7.13. The second kappa shape index (κ2) is 9.26. The van der Waals surface area contributed by atoms with Gasteiger partial charge in [0.1, 0.15) is 0 Å². The summed E-state index contributed by atoms with van der Waals surface area (Å²) in [6.45, 7) is 3.46. The number of carbonyl (C=O) groups excluding carboxylic acids is 2. The molecule has 0 heterocycles. The molecule has 0 aliphatic carbocycles. The zero-order valence-electron chi connectivity index (χ0n) is 13.0. The van der Waals surface area contributed by atoms with E-state index in [1.54, 1.807) is 19.1 Å². The monoisotopic (exact) mass is 292 g/mol. The van der Waals surface area contributed by atoms with Crippen LogP contribution in [0.15, 0.2) is 24.3 Å². The Balaban J connectivity index is 2.40. The number of Topliss-reactive ketones (excluding diaryl/α,β-unsaturated/α-hetero) is 1. The third-order valence-corrected chi connectivity index (χ3v) is 3.14. The molecule has 1 aromatic rings. The molecule has 1 rings (SSSR count). The molecule has 0 atom stereocenters. The van der Waals surface area contributed by atoms with Gasteiger partial charge in [0.25, 0.3) is 0 Å². The van der Waals surface area contributed by atoms with Crippen LogP contribution in [-0.2, 0) is 16.0 Å².